The van der Waals surface area contributed by atoms with Crippen molar-refractivity contribution in [1.82, 2.24) is 4.98 Å². The van der Waals surface area contributed by atoms with Gasteiger partial charge in [0.15, 0.2) is 5.71 Å². The third-order valence-corrected chi connectivity index (χ3v) is 2.62. The summed E-state index contributed by atoms with van der Waals surface area (Å²) in [6.45, 7) is 0. The fourth-order valence-electron chi connectivity index (χ4n) is 1.62. The van der Waals surface area contributed by atoms with E-state index in [4.69, 9.17) is 9.94 Å². The SMILES string of the molecule is COc1ccc(C(=O)/C(=N/O)c2ccncc2)cc1. The Balaban J connectivity index is 2.31. The summed E-state index contributed by atoms with van der Waals surface area (Å²) in [5.74, 6) is 0.291. The second kappa shape index (κ2) is 5.77. The maximum atomic E-state index is 12.2. The number of pyridine rings is 1. The van der Waals surface area contributed by atoms with Gasteiger partial charge in [0.2, 0.25) is 5.78 Å². The normalized spacial score (nSPS) is 11.1. The lowest BCUT2D eigenvalue weighted by molar-refractivity contribution is 0.106. The Morgan fingerprint density at radius 1 is 1.11 bits per heavy atom. The number of hydrogen-bond donors (Lipinski definition) is 1. The van der Waals surface area contributed by atoms with E-state index in [1.165, 1.54) is 12.4 Å². The molecule has 19 heavy (non-hydrogen) atoms. The van der Waals surface area contributed by atoms with E-state index in [0.29, 0.717) is 16.9 Å². The summed E-state index contributed by atoms with van der Waals surface area (Å²) in [6, 6.07) is 9.80. The molecular weight excluding hydrogens is 244 g/mol. The molecule has 0 spiro atoms. The fraction of sp³-hybridized carbons (Fsp3) is 0.0714. The van der Waals surface area contributed by atoms with Crippen LogP contribution in [0.4, 0.5) is 0 Å². The number of rotatable bonds is 4. The molecule has 96 valence electrons. The van der Waals surface area contributed by atoms with Gasteiger partial charge < -0.3 is 9.94 Å². The van der Waals surface area contributed by atoms with Crippen LogP contribution in [0.1, 0.15) is 15.9 Å². The quantitative estimate of drug-likeness (QED) is 0.394. The van der Waals surface area contributed by atoms with E-state index in [9.17, 15) is 4.79 Å². The van der Waals surface area contributed by atoms with Crippen LogP contribution in [0.25, 0.3) is 0 Å². The summed E-state index contributed by atoms with van der Waals surface area (Å²) >= 11 is 0. The first-order valence-corrected chi connectivity index (χ1v) is 5.57. The van der Waals surface area contributed by atoms with Crippen molar-refractivity contribution in [1.29, 1.82) is 0 Å². The second-order valence-electron chi connectivity index (χ2n) is 3.74. The lowest BCUT2D eigenvalue weighted by atomic mass is 10.0. The van der Waals surface area contributed by atoms with Crippen molar-refractivity contribution in [3.8, 4) is 5.75 Å². The van der Waals surface area contributed by atoms with E-state index < -0.39 is 0 Å². The monoisotopic (exact) mass is 256 g/mol. The topological polar surface area (TPSA) is 71.8 Å². The lowest BCUT2D eigenvalue weighted by Gasteiger charge is -2.05. The second-order valence-corrected chi connectivity index (χ2v) is 3.74. The standard InChI is InChI=1S/C14H12N2O3/c1-19-12-4-2-11(3-5-12)14(17)13(16-18)10-6-8-15-9-7-10/h2-9,18H,1H3/b16-13+. The minimum atomic E-state index is -0.364. The van der Waals surface area contributed by atoms with Crippen LogP contribution in [0.2, 0.25) is 0 Å². The third kappa shape index (κ3) is 2.77. The van der Waals surface area contributed by atoms with Gasteiger partial charge >= 0.3 is 0 Å². The Kier molecular flexibility index (Phi) is 3.87. The van der Waals surface area contributed by atoms with Crippen LogP contribution in [-0.2, 0) is 0 Å². The van der Waals surface area contributed by atoms with Crippen LogP contribution >= 0.6 is 0 Å². The molecule has 0 amide bonds. The van der Waals surface area contributed by atoms with Crippen molar-refractivity contribution in [2.75, 3.05) is 7.11 Å². The number of hydrogen-bond acceptors (Lipinski definition) is 5. The number of aromatic nitrogens is 1. The van der Waals surface area contributed by atoms with Gasteiger partial charge in [-0.3, -0.25) is 9.78 Å². The Labute approximate surface area is 110 Å². The molecule has 0 bridgehead atoms. The summed E-state index contributed by atoms with van der Waals surface area (Å²) in [7, 11) is 1.55. The summed E-state index contributed by atoms with van der Waals surface area (Å²) in [4.78, 5) is 16.1. The van der Waals surface area contributed by atoms with Crippen molar-refractivity contribution in [3.63, 3.8) is 0 Å². The lowest BCUT2D eigenvalue weighted by Crippen LogP contribution is -2.16. The molecule has 0 aliphatic carbocycles. The molecular formula is C14H12N2O3. The number of ether oxygens (including phenoxy) is 1. The largest absolute Gasteiger partial charge is 0.497 e. The number of carbonyl (C=O) groups is 1. The fourth-order valence-corrected chi connectivity index (χ4v) is 1.62. The first kappa shape index (κ1) is 12.8. The molecule has 2 rings (SSSR count). The highest BCUT2D eigenvalue weighted by atomic mass is 16.5. The van der Waals surface area contributed by atoms with Crippen LogP contribution in [0.15, 0.2) is 53.9 Å². The van der Waals surface area contributed by atoms with E-state index in [-0.39, 0.29) is 11.5 Å². The molecule has 1 N–H and O–H groups in total. The Morgan fingerprint density at radius 3 is 2.26 bits per heavy atom. The number of Topliss-reactive ketones (excluding diaryl/α,β-unsaturated/α-hetero) is 1. The van der Waals surface area contributed by atoms with Crippen LogP contribution in [0, 0.1) is 0 Å². The molecule has 0 fully saturated rings. The minimum Gasteiger partial charge on any atom is -0.497 e. The van der Waals surface area contributed by atoms with Crippen LogP contribution in [0.3, 0.4) is 0 Å². The highest BCUT2D eigenvalue weighted by Crippen LogP contribution is 2.14. The van der Waals surface area contributed by atoms with Crippen LogP contribution < -0.4 is 4.74 Å². The average Bonchev–Trinajstić information content (AvgIpc) is 2.49. The van der Waals surface area contributed by atoms with Crippen LogP contribution in [0.5, 0.6) is 5.75 Å². The zero-order chi connectivity index (χ0) is 13.7. The van der Waals surface area contributed by atoms with Gasteiger partial charge in [-0.1, -0.05) is 5.16 Å². The summed E-state index contributed by atoms with van der Waals surface area (Å²) < 4.78 is 5.02. The van der Waals surface area contributed by atoms with Crippen molar-refractivity contribution < 1.29 is 14.7 Å². The highest BCUT2D eigenvalue weighted by Gasteiger charge is 2.16. The van der Waals surface area contributed by atoms with E-state index in [0.717, 1.165) is 0 Å². The molecule has 0 aliphatic heterocycles. The van der Waals surface area contributed by atoms with Crippen molar-refractivity contribution in [3.05, 3.63) is 59.9 Å². The first-order valence-electron chi connectivity index (χ1n) is 5.57. The van der Waals surface area contributed by atoms with Crippen molar-refractivity contribution in [2.24, 2.45) is 5.16 Å². The van der Waals surface area contributed by atoms with E-state index >= 15 is 0 Å². The first-order chi connectivity index (χ1) is 9.26. The van der Waals surface area contributed by atoms with Gasteiger partial charge in [0, 0.05) is 23.5 Å². The molecule has 0 radical (unpaired) electrons. The predicted octanol–water partition coefficient (Wildman–Crippen LogP) is 2.15. The number of ketones is 1. The van der Waals surface area contributed by atoms with Gasteiger partial charge in [0.25, 0.3) is 0 Å². The molecule has 0 unspecified atom stereocenters. The summed E-state index contributed by atoms with van der Waals surface area (Å²) in [5.41, 5.74) is 0.913. The van der Waals surface area contributed by atoms with E-state index in [2.05, 4.69) is 10.1 Å². The molecule has 0 saturated heterocycles. The maximum absolute atomic E-state index is 12.2. The van der Waals surface area contributed by atoms with Crippen molar-refractivity contribution in [2.45, 2.75) is 0 Å². The molecule has 5 heteroatoms. The Hall–Kier alpha value is -2.69. The Morgan fingerprint density at radius 2 is 1.74 bits per heavy atom. The van der Waals surface area contributed by atoms with Gasteiger partial charge in [-0.15, -0.1) is 0 Å². The zero-order valence-electron chi connectivity index (χ0n) is 10.3. The van der Waals surface area contributed by atoms with Gasteiger partial charge in [0.05, 0.1) is 7.11 Å². The van der Waals surface area contributed by atoms with E-state index in [1.54, 1.807) is 43.5 Å². The molecule has 0 atom stereocenters. The summed E-state index contributed by atoms with van der Waals surface area (Å²) in [6.07, 6.45) is 3.06. The predicted molar refractivity (Wildman–Crippen MR) is 69.9 cm³/mol. The number of oxime groups is 1. The number of carbonyl (C=O) groups excluding carboxylic acids is 1. The molecule has 1 heterocycles. The van der Waals surface area contributed by atoms with Gasteiger partial charge in [-0.2, -0.15) is 0 Å². The molecule has 1 aromatic heterocycles. The zero-order valence-corrected chi connectivity index (χ0v) is 10.3. The summed E-state index contributed by atoms with van der Waals surface area (Å²) in [5, 5.41) is 12.1. The average molecular weight is 256 g/mol. The van der Waals surface area contributed by atoms with E-state index in [1.807, 2.05) is 0 Å². The Bertz CT molecular complexity index is 592. The molecule has 0 aliphatic rings. The molecule has 5 nitrogen and oxygen atoms in total. The molecule has 0 saturated carbocycles. The van der Waals surface area contributed by atoms with Crippen LogP contribution in [-0.4, -0.2) is 28.8 Å². The third-order valence-electron chi connectivity index (χ3n) is 2.62. The van der Waals surface area contributed by atoms with Crippen molar-refractivity contribution >= 4 is 11.5 Å². The maximum Gasteiger partial charge on any atom is 0.215 e. The highest BCUT2D eigenvalue weighted by molar-refractivity contribution is 6.51. The molecule has 2 aromatic rings. The smallest absolute Gasteiger partial charge is 0.215 e. The number of methoxy groups -OCH3 is 1. The number of benzene rings is 1. The van der Waals surface area contributed by atoms with Gasteiger partial charge in [0.1, 0.15) is 5.75 Å². The van der Waals surface area contributed by atoms with Gasteiger partial charge in [-0.25, -0.2) is 0 Å². The van der Waals surface area contributed by atoms with Gasteiger partial charge in [-0.05, 0) is 36.4 Å². The number of nitrogens with zero attached hydrogens (tertiary/aromatic N) is 2. The molecule has 1 aromatic carbocycles. The minimum absolute atomic E-state index is 0.0208.